The molecular weight excluding hydrogens is 487 g/mol. The number of guanidine groups is 1. The number of aliphatic imine (C=N–C) groups is 1. The van der Waals surface area contributed by atoms with Crippen LogP contribution < -0.4 is 10.6 Å². The highest BCUT2D eigenvalue weighted by Gasteiger charge is 2.15. The van der Waals surface area contributed by atoms with E-state index in [9.17, 15) is 9.59 Å². The molecule has 0 aliphatic carbocycles. The summed E-state index contributed by atoms with van der Waals surface area (Å²) < 4.78 is 10.3. The molecule has 1 amide bonds. The van der Waals surface area contributed by atoms with Crippen LogP contribution in [-0.2, 0) is 17.8 Å². The molecule has 1 heterocycles. The van der Waals surface area contributed by atoms with Crippen molar-refractivity contribution in [2.75, 3.05) is 28.3 Å². The Balaban J connectivity index is 0.00000420. The van der Waals surface area contributed by atoms with E-state index >= 15 is 0 Å². The van der Waals surface area contributed by atoms with Crippen molar-refractivity contribution in [1.29, 1.82) is 0 Å². The van der Waals surface area contributed by atoms with Crippen molar-refractivity contribution in [3.05, 3.63) is 58.5 Å². The Morgan fingerprint density at radius 2 is 1.76 bits per heavy atom. The number of nitrogens with one attached hydrogen (secondary N) is 2. The summed E-state index contributed by atoms with van der Waals surface area (Å²) in [6, 6.07) is 9.05. The minimum atomic E-state index is -0.425. The zero-order chi connectivity index (χ0) is 20.7. The number of furan rings is 1. The molecule has 29 heavy (non-hydrogen) atoms. The smallest absolute Gasteiger partial charge is 0.341 e. The van der Waals surface area contributed by atoms with E-state index < -0.39 is 5.97 Å². The fraction of sp³-hybridized carbons (Fsp3) is 0.350. The van der Waals surface area contributed by atoms with Crippen LogP contribution in [0.1, 0.15) is 37.8 Å². The summed E-state index contributed by atoms with van der Waals surface area (Å²) in [5, 5.41) is 6.32. The molecule has 1 aromatic heterocycles. The fourth-order valence-corrected chi connectivity index (χ4v) is 2.54. The first-order valence-electron chi connectivity index (χ1n) is 8.78. The zero-order valence-corrected chi connectivity index (χ0v) is 19.6. The molecule has 1 aromatic carbocycles. The first kappa shape index (κ1) is 24.5. The van der Waals surface area contributed by atoms with E-state index in [2.05, 4.69) is 15.6 Å². The number of benzene rings is 1. The van der Waals surface area contributed by atoms with Gasteiger partial charge in [0.2, 0.25) is 0 Å². The molecule has 0 bridgehead atoms. The molecule has 0 aliphatic heterocycles. The summed E-state index contributed by atoms with van der Waals surface area (Å²) in [7, 11) is 6.45. The predicted octanol–water partition coefficient (Wildman–Crippen LogP) is 2.56. The first-order chi connectivity index (χ1) is 13.3. The van der Waals surface area contributed by atoms with Gasteiger partial charge in [-0.25, -0.2) is 4.79 Å². The summed E-state index contributed by atoms with van der Waals surface area (Å²) in [5.74, 6) is 1.25. The molecule has 0 atom stereocenters. The number of nitrogens with zero attached hydrogens (tertiary/aromatic N) is 2. The highest BCUT2D eigenvalue weighted by atomic mass is 127. The van der Waals surface area contributed by atoms with Crippen LogP contribution in [0, 0.1) is 6.92 Å². The van der Waals surface area contributed by atoms with Gasteiger partial charge in [-0.2, -0.15) is 0 Å². The standard InChI is InChI=1S/C20H26N4O4.HI/c1-13-17(19(26)27-5)10-16(28-13)12-23-20(21-2)22-11-14-6-8-15(9-7-14)18(25)24(3)4;/h6-10H,11-12H2,1-5H3,(H2,21,22,23);1H. The number of aryl methyl sites for hydroxylation is 1. The van der Waals surface area contributed by atoms with E-state index in [1.807, 2.05) is 12.1 Å². The quantitative estimate of drug-likeness (QED) is 0.266. The van der Waals surface area contributed by atoms with Gasteiger partial charge in [0.1, 0.15) is 17.1 Å². The SMILES string of the molecule is CN=C(NCc1ccc(C(=O)N(C)C)cc1)NCc1cc(C(=O)OC)c(C)o1.I. The van der Waals surface area contributed by atoms with Gasteiger partial charge >= 0.3 is 5.97 Å². The van der Waals surface area contributed by atoms with Gasteiger partial charge in [-0.15, -0.1) is 24.0 Å². The molecule has 0 spiro atoms. The predicted molar refractivity (Wildman–Crippen MR) is 122 cm³/mol. The van der Waals surface area contributed by atoms with Crippen molar-refractivity contribution < 1.29 is 18.7 Å². The van der Waals surface area contributed by atoms with E-state index in [4.69, 9.17) is 9.15 Å². The Bertz CT molecular complexity index is 860. The number of carbonyl (C=O) groups excluding carboxylic acids is 2. The van der Waals surface area contributed by atoms with Crippen molar-refractivity contribution in [3.63, 3.8) is 0 Å². The van der Waals surface area contributed by atoms with Gasteiger partial charge < -0.3 is 24.7 Å². The van der Waals surface area contributed by atoms with Crippen LogP contribution in [0.4, 0.5) is 0 Å². The molecule has 2 rings (SSSR count). The molecule has 9 heteroatoms. The van der Waals surface area contributed by atoms with Gasteiger partial charge in [0.15, 0.2) is 5.96 Å². The normalized spacial score (nSPS) is 10.7. The van der Waals surface area contributed by atoms with Crippen LogP contribution in [0.3, 0.4) is 0 Å². The van der Waals surface area contributed by atoms with E-state index in [-0.39, 0.29) is 29.9 Å². The molecule has 0 radical (unpaired) electrons. The molecule has 0 saturated carbocycles. The van der Waals surface area contributed by atoms with Gasteiger partial charge in [-0.1, -0.05) is 12.1 Å². The highest BCUT2D eigenvalue weighted by Crippen LogP contribution is 2.15. The Kier molecular flexibility index (Phi) is 9.66. The summed E-state index contributed by atoms with van der Waals surface area (Å²) >= 11 is 0. The van der Waals surface area contributed by atoms with E-state index in [0.29, 0.717) is 41.7 Å². The van der Waals surface area contributed by atoms with Crippen LogP contribution >= 0.6 is 24.0 Å². The fourth-order valence-electron chi connectivity index (χ4n) is 2.54. The molecular formula is C20H27IN4O4. The average Bonchev–Trinajstić information content (AvgIpc) is 3.07. The number of ether oxygens (including phenoxy) is 1. The Morgan fingerprint density at radius 1 is 1.14 bits per heavy atom. The van der Waals surface area contributed by atoms with Crippen molar-refractivity contribution in [3.8, 4) is 0 Å². The lowest BCUT2D eigenvalue weighted by Gasteiger charge is -2.12. The van der Waals surface area contributed by atoms with Crippen LogP contribution in [-0.4, -0.2) is 51.0 Å². The number of carbonyl (C=O) groups is 2. The largest absolute Gasteiger partial charge is 0.465 e. The Hall–Kier alpha value is -2.56. The van der Waals surface area contributed by atoms with Crippen LogP contribution in [0.25, 0.3) is 0 Å². The lowest BCUT2D eigenvalue weighted by atomic mass is 10.1. The number of methoxy groups -OCH3 is 1. The Morgan fingerprint density at radius 3 is 2.31 bits per heavy atom. The number of rotatable bonds is 6. The van der Waals surface area contributed by atoms with Crippen LogP contribution in [0.2, 0.25) is 0 Å². The summed E-state index contributed by atoms with van der Waals surface area (Å²) in [4.78, 5) is 29.3. The van der Waals surface area contributed by atoms with Crippen molar-refractivity contribution in [2.45, 2.75) is 20.0 Å². The zero-order valence-electron chi connectivity index (χ0n) is 17.2. The Labute approximate surface area is 187 Å². The second-order valence-corrected chi connectivity index (χ2v) is 6.35. The van der Waals surface area contributed by atoms with Crippen molar-refractivity contribution in [2.24, 2.45) is 4.99 Å². The minimum Gasteiger partial charge on any atom is -0.465 e. The molecule has 2 N–H and O–H groups in total. The van der Waals surface area contributed by atoms with Gasteiger partial charge in [-0.3, -0.25) is 9.79 Å². The molecule has 158 valence electrons. The minimum absolute atomic E-state index is 0. The number of hydrogen-bond donors (Lipinski definition) is 2. The topological polar surface area (TPSA) is 96.2 Å². The van der Waals surface area contributed by atoms with E-state index in [1.165, 1.54) is 7.11 Å². The molecule has 0 unspecified atom stereocenters. The molecule has 0 fully saturated rings. The number of esters is 1. The maximum atomic E-state index is 11.9. The van der Waals surface area contributed by atoms with Gasteiger partial charge in [0.05, 0.1) is 13.7 Å². The second-order valence-electron chi connectivity index (χ2n) is 6.35. The van der Waals surface area contributed by atoms with Gasteiger partial charge in [0.25, 0.3) is 5.91 Å². The second kappa shape index (κ2) is 11.4. The monoisotopic (exact) mass is 514 g/mol. The van der Waals surface area contributed by atoms with E-state index in [1.54, 1.807) is 51.2 Å². The average molecular weight is 514 g/mol. The molecule has 0 aliphatic rings. The summed E-state index contributed by atoms with van der Waals surface area (Å²) in [6.45, 7) is 2.63. The van der Waals surface area contributed by atoms with Crippen LogP contribution in [0.5, 0.6) is 0 Å². The molecule has 8 nitrogen and oxygen atoms in total. The highest BCUT2D eigenvalue weighted by molar-refractivity contribution is 14.0. The van der Waals surface area contributed by atoms with Crippen molar-refractivity contribution >= 4 is 41.8 Å². The van der Waals surface area contributed by atoms with Crippen molar-refractivity contribution in [1.82, 2.24) is 15.5 Å². The lowest BCUT2D eigenvalue weighted by molar-refractivity contribution is 0.0598. The molecule has 0 saturated heterocycles. The third-order valence-corrected chi connectivity index (χ3v) is 4.09. The van der Waals surface area contributed by atoms with E-state index in [0.717, 1.165) is 5.56 Å². The maximum Gasteiger partial charge on any atom is 0.341 e. The lowest BCUT2D eigenvalue weighted by Crippen LogP contribution is -2.36. The maximum absolute atomic E-state index is 11.9. The molecule has 2 aromatic rings. The van der Waals surface area contributed by atoms with Crippen LogP contribution in [0.15, 0.2) is 39.7 Å². The van der Waals surface area contributed by atoms with Gasteiger partial charge in [0, 0.05) is 33.3 Å². The third kappa shape index (κ3) is 6.77. The summed E-state index contributed by atoms with van der Waals surface area (Å²) in [6.07, 6.45) is 0. The number of halogens is 1. The number of amides is 1. The van der Waals surface area contributed by atoms with Gasteiger partial charge in [-0.05, 0) is 30.7 Å². The third-order valence-electron chi connectivity index (χ3n) is 4.09. The summed E-state index contributed by atoms with van der Waals surface area (Å²) in [5.41, 5.74) is 2.07. The number of hydrogen-bond acceptors (Lipinski definition) is 5. The first-order valence-corrected chi connectivity index (χ1v) is 8.78.